The van der Waals surface area contributed by atoms with Gasteiger partial charge >= 0.3 is 0 Å². The quantitative estimate of drug-likeness (QED) is 0.864. The number of hydrogen-bond donors (Lipinski definition) is 1. The van der Waals surface area contributed by atoms with Crippen molar-refractivity contribution < 1.29 is 9.53 Å². The molecule has 2 aromatic rings. The highest BCUT2D eigenvalue weighted by molar-refractivity contribution is 5.90. The number of amides is 1. The number of hydrogen-bond acceptors (Lipinski definition) is 2. The number of anilines is 1. The van der Waals surface area contributed by atoms with Crippen LogP contribution in [0.3, 0.4) is 0 Å². The Morgan fingerprint density at radius 3 is 2.41 bits per heavy atom. The summed E-state index contributed by atoms with van der Waals surface area (Å²) in [6, 6.07) is 13.9. The number of nitrogens with one attached hydrogen (secondary N) is 1. The summed E-state index contributed by atoms with van der Waals surface area (Å²) >= 11 is 0. The normalized spacial score (nSPS) is 10.3. The fraction of sp³-hybridized carbons (Fsp3) is 0.316. The summed E-state index contributed by atoms with van der Waals surface area (Å²) in [5.74, 6) is 0.768. The lowest BCUT2D eigenvalue weighted by Gasteiger charge is -2.09. The van der Waals surface area contributed by atoms with Crippen LogP contribution in [0.25, 0.3) is 0 Å². The van der Waals surface area contributed by atoms with E-state index in [1.54, 1.807) is 0 Å². The van der Waals surface area contributed by atoms with Gasteiger partial charge in [-0.15, -0.1) is 0 Å². The van der Waals surface area contributed by atoms with Gasteiger partial charge in [0.25, 0.3) is 0 Å². The third kappa shape index (κ3) is 4.62. The van der Waals surface area contributed by atoms with E-state index in [4.69, 9.17) is 4.74 Å². The second-order valence-electron chi connectivity index (χ2n) is 5.44. The van der Waals surface area contributed by atoms with Gasteiger partial charge in [0.15, 0.2) is 0 Å². The van der Waals surface area contributed by atoms with Crippen molar-refractivity contribution in [3.05, 3.63) is 59.2 Å². The molecule has 1 N–H and O–H groups in total. The minimum Gasteiger partial charge on any atom is -0.493 e. The molecular formula is C19H23NO2. The summed E-state index contributed by atoms with van der Waals surface area (Å²) in [5, 5.41) is 2.90. The average molecular weight is 297 g/mol. The maximum Gasteiger partial charge on any atom is 0.227 e. The van der Waals surface area contributed by atoms with Crippen LogP contribution in [0, 0.1) is 13.8 Å². The van der Waals surface area contributed by atoms with E-state index in [1.807, 2.05) is 49.4 Å². The van der Waals surface area contributed by atoms with Crippen LogP contribution in [0.5, 0.6) is 5.75 Å². The highest BCUT2D eigenvalue weighted by Crippen LogP contribution is 2.15. The van der Waals surface area contributed by atoms with Crippen molar-refractivity contribution in [2.24, 2.45) is 0 Å². The van der Waals surface area contributed by atoms with E-state index in [0.29, 0.717) is 13.0 Å². The minimum atomic E-state index is -0.0339. The zero-order valence-electron chi connectivity index (χ0n) is 13.5. The van der Waals surface area contributed by atoms with E-state index in [1.165, 1.54) is 16.7 Å². The van der Waals surface area contributed by atoms with Gasteiger partial charge in [-0.2, -0.15) is 0 Å². The molecule has 0 aromatic heterocycles. The first-order valence-electron chi connectivity index (χ1n) is 7.67. The summed E-state index contributed by atoms with van der Waals surface area (Å²) in [7, 11) is 0. The highest BCUT2D eigenvalue weighted by Gasteiger charge is 2.04. The Morgan fingerprint density at radius 2 is 1.77 bits per heavy atom. The van der Waals surface area contributed by atoms with Crippen molar-refractivity contribution in [1.29, 1.82) is 0 Å². The van der Waals surface area contributed by atoms with Crippen molar-refractivity contribution in [3.8, 4) is 5.75 Å². The molecule has 0 saturated heterocycles. The van der Waals surface area contributed by atoms with E-state index in [2.05, 4.69) is 19.2 Å². The first-order chi connectivity index (χ1) is 10.6. The van der Waals surface area contributed by atoms with Gasteiger partial charge in [0, 0.05) is 5.69 Å². The van der Waals surface area contributed by atoms with Crippen LogP contribution < -0.4 is 10.1 Å². The summed E-state index contributed by atoms with van der Waals surface area (Å²) in [4.78, 5) is 11.9. The lowest BCUT2D eigenvalue weighted by atomic mass is 10.1. The summed E-state index contributed by atoms with van der Waals surface area (Å²) in [5.41, 5.74) is 4.50. The lowest BCUT2D eigenvalue weighted by molar-refractivity contribution is -0.116. The first-order valence-corrected chi connectivity index (χ1v) is 7.67. The predicted molar refractivity (Wildman–Crippen MR) is 90.5 cm³/mol. The minimum absolute atomic E-state index is 0.0339. The summed E-state index contributed by atoms with van der Waals surface area (Å²) in [6.45, 7) is 6.59. The molecule has 0 aliphatic heterocycles. The average Bonchev–Trinajstić information content (AvgIpc) is 2.51. The Hall–Kier alpha value is -2.29. The van der Waals surface area contributed by atoms with Gasteiger partial charge in [-0.05, 0) is 61.2 Å². The molecule has 0 aliphatic rings. The number of carbonyl (C=O) groups is 1. The van der Waals surface area contributed by atoms with Crippen LogP contribution in [0.1, 0.15) is 30.0 Å². The predicted octanol–water partition coefficient (Wildman–Crippen LogP) is 4.27. The number of ether oxygens (including phenoxy) is 1. The van der Waals surface area contributed by atoms with Gasteiger partial charge in [0.2, 0.25) is 5.91 Å². The van der Waals surface area contributed by atoms with Crippen LogP contribution in [0.2, 0.25) is 0 Å². The molecule has 0 fully saturated rings. The molecule has 0 spiro atoms. The van der Waals surface area contributed by atoms with Crippen LogP contribution in [-0.4, -0.2) is 12.5 Å². The zero-order chi connectivity index (χ0) is 15.9. The van der Waals surface area contributed by atoms with Gasteiger partial charge in [0.1, 0.15) is 5.75 Å². The largest absolute Gasteiger partial charge is 0.493 e. The fourth-order valence-corrected chi connectivity index (χ4v) is 2.13. The lowest BCUT2D eigenvalue weighted by Crippen LogP contribution is -2.15. The van der Waals surface area contributed by atoms with Crippen LogP contribution in [0.15, 0.2) is 42.5 Å². The Kier molecular flexibility index (Phi) is 5.59. The van der Waals surface area contributed by atoms with Gasteiger partial charge in [-0.25, -0.2) is 0 Å². The number of carbonyl (C=O) groups excluding carboxylic acids is 1. The number of rotatable bonds is 6. The first kappa shape index (κ1) is 16.1. The van der Waals surface area contributed by atoms with Crippen molar-refractivity contribution >= 4 is 11.6 Å². The molecule has 0 bridgehead atoms. The molecule has 3 heteroatoms. The smallest absolute Gasteiger partial charge is 0.227 e. The molecule has 0 unspecified atom stereocenters. The molecule has 0 radical (unpaired) electrons. The number of aryl methyl sites for hydroxylation is 3. The van der Waals surface area contributed by atoms with Crippen LogP contribution in [0.4, 0.5) is 5.69 Å². The maximum atomic E-state index is 11.9. The molecule has 0 atom stereocenters. The molecular weight excluding hydrogens is 274 g/mol. The summed E-state index contributed by atoms with van der Waals surface area (Å²) in [6.07, 6.45) is 1.35. The third-order valence-corrected chi connectivity index (χ3v) is 3.72. The van der Waals surface area contributed by atoms with E-state index in [0.717, 1.165) is 17.9 Å². The Bertz CT molecular complexity index is 632. The summed E-state index contributed by atoms with van der Waals surface area (Å²) < 4.78 is 5.60. The van der Waals surface area contributed by atoms with Crippen LogP contribution in [-0.2, 0) is 11.2 Å². The SMILES string of the molecule is CCc1ccc(OCCC(=O)Nc2ccc(C)c(C)c2)cc1. The third-order valence-electron chi connectivity index (χ3n) is 3.72. The Balaban J connectivity index is 1.78. The molecule has 116 valence electrons. The van der Waals surface area contributed by atoms with Crippen LogP contribution >= 0.6 is 0 Å². The molecule has 0 saturated carbocycles. The monoisotopic (exact) mass is 297 g/mol. The van der Waals surface area contributed by atoms with Gasteiger partial charge in [0.05, 0.1) is 13.0 Å². The van der Waals surface area contributed by atoms with Crippen molar-refractivity contribution in [3.63, 3.8) is 0 Å². The second-order valence-corrected chi connectivity index (χ2v) is 5.44. The molecule has 2 aromatic carbocycles. The van der Waals surface area contributed by atoms with Gasteiger partial charge in [-0.1, -0.05) is 25.1 Å². The van der Waals surface area contributed by atoms with Crippen molar-refractivity contribution in [1.82, 2.24) is 0 Å². The molecule has 3 nitrogen and oxygen atoms in total. The molecule has 22 heavy (non-hydrogen) atoms. The maximum absolute atomic E-state index is 11.9. The topological polar surface area (TPSA) is 38.3 Å². The molecule has 1 amide bonds. The standard InChI is InChI=1S/C19H23NO2/c1-4-16-6-9-18(10-7-16)22-12-11-19(21)20-17-8-5-14(2)15(3)13-17/h5-10,13H,4,11-12H2,1-3H3,(H,20,21). The van der Waals surface area contributed by atoms with E-state index < -0.39 is 0 Å². The second kappa shape index (κ2) is 7.64. The van der Waals surface area contributed by atoms with Crippen molar-refractivity contribution in [2.75, 3.05) is 11.9 Å². The van der Waals surface area contributed by atoms with Gasteiger partial charge in [-0.3, -0.25) is 4.79 Å². The van der Waals surface area contributed by atoms with E-state index in [9.17, 15) is 4.79 Å². The zero-order valence-corrected chi connectivity index (χ0v) is 13.5. The molecule has 0 heterocycles. The fourth-order valence-electron chi connectivity index (χ4n) is 2.13. The highest BCUT2D eigenvalue weighted by atomic mass is 16.5. The molecule has 2 rings (SSSR count). The molecule has 0 aliphatic carbocycles. The van der Waals surface area contributed by atoms with Gasteiger partial charge < -0.3 is 10.1 Å². The Labute approximate surface area is 132 Å². The van der Waals surface area contributed by atoms with Crippen molar-refractivity contribution in [2.45, 2.75) is 33.6 Å². The van der Waals surface area contributed by atoms with E-state index >= 15 is 0 Å². The number of benzene rings is 2. The van der Waals surface area contributed by atoms with E-state index in [-0.39, 0.29) is 5.91 Å². The Morgan fingerprint density at radius 1 is 1.05 bits per heavy atom.